The molecule has 2 aromatic heterocycles. The average Bonchev–Trinajstić information content (AvgIpc) is 3.19. The fraction of sp³-hybridized carbons (Fsp3) is 0.143. The number of carbonyl (C=O) groups is 1. The van der Waals surface area contributed by atoms with Gasteiger partial charge in [-0.25, -0.2) is 4.98 Å². The number of aromatic hydroxyl groups is 1. The molecule has 0 aliphatic carbocycles. The Morgan fingerprint density at radius 1 is 0.909 bits per heavy atom. The van der Waals surface area contributed by atoms with Crippen LogP contribution < -0.4 is 5.32 Å². The van der Waals surface area contributed by atoms with Crippen molar-refractivity contribution in [2.75, 3.05) is 5.32 Å². The molecule has 5 nitrogen and oxygen atoms in total. The largest absolute Gasteiger partial charge is 0.508 e. The normalized spacial score (nSPS) is 11.2. The van der Waals surface area contributed by atoms with Crippen LogP contribution in [0.25, 0.3) is 21.8 Å². The van der Waals surface area contributed by atoms with Gasteiger partial charge in [-0.2, -0.15) is 0 Å². The van der Waals surface area contributed by atoms with Gasteiger partial charge < -0.3 is 15.4 Å². The van der Waals surface area contributed by atoms with Gasteiger partial charge in [-0.05, 0) is 67.6 Å². The van der Waals surface area contributed by atoms with Crippen molar-refractivity contribution in [3.63, 3.8) is 0 Å². The van der Waals surface area contributed by atoms with Gasteiger partial charge in [0.1, 0.15) is 11.4 Å². The number of rotatable bonds is 5. The molecule has 2 heterocycles. The fourth-order valence-corrected chi connectivity index (χ4v) is 4.37. The highest BCUT2D eigenvalue weighted by Crippen LogP contribution is 2.29. The second-order valence-corrected chi connectivity index (χ2v) is 8.44. The van der Waals surface area contributed by atoms with E-state index in [1.54, 1.807) is 12.1 Å². The number of H-pyrrole nitrogens is 1. The van der Waals surface area contributed by atoms with Gasteiger partial charge in [-0.3, -0.25) is 4.79 Å². The highest BCUT2D eigenvalue weighted by molar-refractivity contribution is 6.12. The van der Waals surface area contributed by atoms with Gasteiger partial charge >= 0.3 is 0 Å². The molecule has 33 heavy (non-hydrogen) atoms. The molecule has 5 rings (SSSR count). The van der Waals surface area contributed by atoms with E-state index in [-0.39, 0.29) is 11.7 Å². The maximum Gasteiger partial charge on any atom is 0.274 e. The van der Waals surface area contributed by atoms with Crippen molar-refractivity contribution < 1.29 is 9.90 Å². The molecule has 5 aromatic rings. The molecule has 0 radical (unpaired) electrons. The van der Waals surface area contributed by atoms with Gasteiger partial charge in [0.2, 0.25) is 0 Å². The van der Waals surface area contributed by atoms with E-state index < -0.39 is 0 Å². The Balaban J connectivity index is 1.57. The Morgan fingerprint density at radius 3 is 2.45 bits per heavy atom. The van der Waals surface area contributed by atoms with Crippen LogP contribution in [0, 0.1) is 13.8 Å². The highest BCUT2D eigenvalue weighted by Gasteiger charge is 2.17. The Labute approximate surface area is 192 Å². The summed E-state index contributed by atoms with van der Waals surface area (Å²) in [7, 11) is 0. The number of hydrogen-bond acceptors (Lipinski definition) is 3. The van der Waals surface area contributed by atoms with Crippen molar-refractivity contribution in [3.05, 3.63) is 101 Å². The zero-order valence-corrected chi connectivity index (χ0v) is 18.6. The summed E-state index contributed by atoms with van der Waals surface area (Å²) in [5.74, 6) is 0.0242. The lowest BCUT2D eigenvalue weighted by Gasteiger charge is -2.12. The number of nitrogens with zero attached hydrogens (tertiary/aromatic N) is 1. The minimum atomic E-state index is -0.224. The van der Waals surface area contributed by atoms with E-state index in [9.17, 15) is 9.90 Å². The van der Waals surface area contributed by atoms with Crippen molar-refractivity contribution >= 4 is 33.4 Å². The summed E-state index contributed by atoms with van der Waals surface area (Å²) in [4.78, 5) is 21.5. The molecule has 0 saturated heterocycles. The predicted octanol–water partition coefficient (Wildman–Crippen LogP) is 6.08. The summed E-state index contributed by atoms with van der Waals surface area (Å²) in [6, 6.07) is 23.2. The molecule has 3 aromatic carbocycles. The number of pyridine rings is 1. The number of benzene rings is 3. The Morgan fingerprint density at radius 2 is 1.67 bits per heavy atom. The van der Waals surface area contributed by atoms with Crippen molar-refractivity contribution in [3.8, 4) is 5.75 Å². The van der Waals surface area contributed by atoms with Gasteiger partial charge in [-0.15, -0.1) is 0 Å². The van der Waals surface area contributed by atoms with Gasteiger partial charge in [0, 0.05) is 22.0 Å². The van der Waals surface area contributed by atoms with E-state index in [1.807, 2.05) is 68.4 Å². The number of para-hydroxylation sites is 2. The van der Waals surface area contributed by atoms with Crippen molar-refractivity contribution in [1.82, 2.24) is 9.97 Å². The van der Waals surface area contributed by atoms with Crippen LogP contribution in [0.2, 0.25) is 0 Å². The second kappa shape index (κ2) is 8.43. The molecule has 5 heteroatoms. The first kappa shape index (κ1) is 20.8. The number of carbonyl (C=O) groups excluding carboxylic acids is 1. The molecule has 0 saturated carbocycles. The minimum Gasteiger partial charge on any atom is -0.508 e. The number of fused-ring (bicyclic) bond motifs is 3. The summed E-state index contributed by atoms with van der Waals surface area (Å²) >= 11 is 0. The molecule has 0 aliphatic rings. The number of aromatic amines is 1. The second-order valence-electron chi connectivity index (χ2n) is 8.44. The van der Waals surface area contributed by atoms with Gasteiger partial charge in [0.05, 0.1) is 11.2 Å². The van der Waals surface area contributed by atoms with E-state index in [1.165, 1.54) is 0 Å². The average molecular weight is 436 g/mol. The SMILES string of the molecule is Cc1cccc(C)c1NC(=O)c1cc2c([nH]c3ccccc32)c(CCc2cccc(O)c2)n1. The molecule has 1 amide bonds. The van der Waals surface area contributed by atoms with Gasteiger partial charge in [0.25, 0.3) is 5.91 Å². The quantitative estimate of drug-likeness (QED) is 0.313. The lowest BCUT2D eigenvalue weighted by Crippen LogP contribution is -2.16. The number of aryl methyl sites for hydroxylation is 4. The molecule has 3 N–H and O–H groups in total. The fourth-order valence-electron chi connectivity index (χ4n) is 4.37. The van der Waals surface area contributed by atoms with Gasteiger partial charge in [-0.1, -0.05) is 48.5 Å². The van der Waals surface area contributed by atoms with Crippen LogP contribution in [0.5, 0.6) is 5.75 Å². The number of aromatic nitrogens is 2. The van der Waals surface area contributed by atoms with Crippen molar-refractivity contribution in [2.24, 2.45) is 0 Å². The minimum absolute atomic E-state index is 0.224. The van der Waals surface area contributed by atoms with Crippen molar-refractivity contribution in [1.29, 1.82) is 0 Å². The first-order chi connectivity index (χ1) is 16.0. The summed E-state index contributed by atoms with van der Waals surface area (Å²) < 4.78 is 0. The number of amides is 1. The van der Waals surface area contributed by atoms with Crippen LogP contribution in [0.1, 0.15) is 32.9 Å². The Hall–Kier alpha value is -4.12. The first-order valence-corrected chi connectivity index (χ1v) is 11.1. The van der Waals surface area contributed by atoms with Crippen LogP contribution in [-0.2, 0) is 12.8 Å². The lowest BCUT2D eigenvalue weighted by atomic mass is 10.0. The number of nitrogens with one attached hydrogen (secondary N) is 2. The number of hydrogen-bond donors (Lipinski definition) is 3. The third-order valence-corrected chi connectivity index (χ3v) is 6.08. The van der Waals surface area contributed by atoms with Crippen molar-refractivity contribution in [2.45, 2.75) is 26.7 Å². The molecule has 164 valence electrons. The van der Waals surface area contributed by atoms with Gasteiger partial charge in [0.15, 0.2) is 0 Å². The maximum atomic E-state index is 13.3. The monoisotopic (exact) mass is 435 g/mol. The Kier molecular flexibility index (Phi) is 5.31. The summed E-state index contributed by atoms with van der Waals surface area (Å²) in [6.45, 7) is 3.97. The summed E-state index contributed by atoms with van der Waals surface area (Å²) in [6.07, 6.45) is 1.34. The van der Waals surface area contributed by atoms with Crippen LogP contribution >= 0.6 is 0 Å². The number of phenolic OH excluding ortho intramolecular Hbond substituents is 1. The number of phenols is 1. The topological polar surface area (TPSA) is 78.0 Å². The third-order valence-electron chi connectivity index (χ3n) is 6.08. The van der Waals surface area contributed by atoms with Crippen LogP contribution in [-0.4, -0.2) is 21.0 Å². The molecule has 0 atom stereocenters. The lowest BCUT2D eigenvalue weighted by molar-refractivity contribution is 0.102. The molecule has 0 unspecified atom stereocenters. The van der Waals surface area contributed by atoms with E-state index >= 15 is 0 Å². The first-order valence-electron chi connectivity index (χ1n) is 11.1. The van der Waals surface area contributed by atoms with Crippen LogP contribution in [0.3, 0.4) is 0 Å². The maximum absolute atomic E-state index is 13.3. The predicted molar refractivity (Wildman–Crippen MR) is 133 cm³/mol. The highest BCUT2D eigenvalue weighted by atomic mass is 16.3. The van der Waals surface area contributed by atoms with Crippen LogP contribution in [0.4, 0.5) is 5.69 Å². The zero-order chi connectivity index (χ0) is 22.9. The summed E-state index contributed by atoms with van der Waals surface area (Å²) in [5, 5.41) is 14.9. The van der Waals surface area contributed by atoms with Crippen LogP contribution in [0.15, 0.2) is 72.8 Å². The molecule has 0 bridgehead atoms. The third kappa shape index (κ3) is 4.05. The van der Waals surface area contributed by atoms with E-state index in [2.05, 4.69) is 16.4 Å². The number of anilines is 1. The zero-order valence-electron chi connectivity index (χ0n) is 18.6. The van der Waals surface area contributed by atoms with E-state index in [0.29, 0.717) is 18.5 Å². The van der Waals surface area contributed by atoms with E-state index in [0.717, 1.165) is 49.9 Å². The molecule has 0 aliphatic heterocycles. The standard InChI is InChI=1S/C28H25N3O2/c1-17-7-5-8-18(2)26(17)31-28(33)25-16-22-21-11-3-4-12-23(21)30-27(22)24(29-25)14-13-19-9-6-10-20(32)15-19/h3-12,15-16,30,32H,13-14H2,1-2H3,(H,31,33). The smallest absolute Gasteiger partial charge is 0.274 e. The molecular formula is C28H25N3O2. The van der Waals surface area contributed by atoms with E-state index in [4.69, 9.17) is 4.98 Å². The summed E-state index contributed by atoms with van der Waals surface area (Å²) in [5.41, 5.74) is 7.05. The molecule has 0 spiro atoms. The molecule has 0 fully saturated rings. The molecular weight excluding hydrogens is 410 g/mol. The Bertz CT molecular complexity index is 1480.